The SMILES string of the molecule is CCCN(C1CCNC1)C1CSCC(C)(C)C1. The van der Waals surface area contributed by atoms with Crippen LogP contribution >= 0.6 is 11.8 Å². The molecule has 3 heteroatoms. The number of rotatable bonds is 4. The van der Waals surface area contributed by atoms with Crippen molar-refractivity contribution in [3.05, 3.63) is 0 Å². The van der Waals surface area contributed by atoms with Crippen molar-refractivity contribution in [1.82, 2.24) is 10.2 Å². The molecule has 0 aromatic rings. The second kappa shape index (κ2) is 5.94. The lowest BCUT2D eigenvalue weighted by Gasteiger charge is -2.43. The summed E-state index contributed by atoms with van der Waals surface area (Å²) in [4.78, 5) is 2.81. The molecule has 2 atom stereocenters. The maximum Gasteiger partial charge on any atom is 0.0235 e. The van der Waals surface area contributed by atoms with Crippen molar-refractivity contribution >= 4 is 11.8 Å². The van der Waals surface area contributed by atoms with Crippen molar-refractivity contribution < 1.29 is 0 Å². The first-order valence-corrected chi connectivity index (χ1v) is 8.32. The second-order valence-corrected chi connectivity index (χ2v) is 7.45. The largest absolute Gasteiger partial charge is 0.315 e. The number of nitrogens with one attached hydrogen (secondary N) is 1. The van der Waals surface area contributed by atoms with Crippen LogP contribution in [-0.2, 0) is 0 Å². The predicted molar refractivity (Wildman–Crippen MR) is 77.8 cm³/mol. The summed E-state index contributed by atoms with van der Waals surface area (Å²) in [5.41, 5.74) is 0.533. The van der Waals surface area contributed by atoms with Gasteiger partial charge in [0.25, 0.3) is 0 Å². The summed E-state index contributed by atoms with van der Waals surface area (Å²) in [5, 5.41) is 3.52. The first-order valence-electron chi connectivity index (χ1n) is 7.16. The fourth-order valence-corrected chi connectivity index (χ4v) is 4.65. The van der Waals surface area contributed by atoms with E-state index in [0.717, 1.165) is 12.1 Å². The zero-order valence-electron chi connectivity index (χ0n) is 11.7. The smallest absolute Gasteiger partial charge is 0.0235 e. The minimum absolute atomic E-state index is 0.533. The highest BCUT2D eigenvalue weighted by Crippen LogP contribution is 2.36. The lowest BCUT2D eigenvalue weighted by molar-refractivity contribution is 0.118. The quantitative estimate of drug-likeness (QED) is 0.832. The van der Waals surface area contributed by atoms with Gasteiger partial charge < -0.3 is 5.32 Å². The number of hydrogen-bond acceptors (Lipinski definition) is 3. The second-order valence-electron chi connectivity index (χ2n) is 6.42. The van der Waals surface area contributed by atoms with Crippen LogP contribution in [-0.4, -0.2) is 48.1 Å². The number of thioether (sulfide) groups is 1. The van der Waals surface area contributed by atoms with Crippen molar-refractivity contribution in [2.75, 3.05) is 31.1 Å². The monoisotopic (exact) mass is 256 g/mol. The van der Waals surface area contributed by atoms with Crippen molar-refractivity contribution in [2.45, 2.75) is 52.1 Å². The third-order valence-corrected chi connectivity index (χ3v) is 5.65. The number of nitrogens with zero attached hydrogens (tertiary/aromatic N) is 1. The summed E-state index contributed by atoms with van der Waals surface area (Å²) in [6, 6.07) is 1.61. The zero-order chi connectivity index (χ0) is 12.3. The first kappa shape index (κ1) is 13.7. The Labute approximate surface area is 111 Å². The average molecular weight is 256 g/mol. The molecule has 2 saturated heterocycles. The lowest BCUT2D eigenvalue weighted by atomic mass is 9.86. The molecule has 2 heterocycles. The molecule has 2 aliphatic rings. The van der Waals surface area contributed by atoms with E-state index in [-0.39, 0.29) is 0 Å². The Morgan fingerprint density at radius 3 is 2.76 bits per heavy atom. The number of hydrogen-bond donors (Lipinski definition) is 1. The molecule has 0 radical (unpaired) electrons. The van der Waals surface area contributed by atoms with Gasteiger partial charge in [-0.1, -0.05) is 20.8 Å². The Hall–Kier alpha value is 0.270. The van der Waals surface area contributed by atoms with Gasteiger partial charge >= 0.3 is 0 Å². The van der Waals surface area contributed by atoms with Crippen LogP contribution in [0.1, 0.15) is 40.0 Å². The molecule has 0 bridgehead atoms. The van der Waals surface area contributed by atoms with Crippen molar-refractivity contribution in [2.24, 2.45) is 5.41 Å². The van der Waals surface area contributed by atoms with E-state index in [1.54, 1.807) is 0 Å². The maximum atomic E-state index is 3.52. The van der Waals surface area contributed by atoms with Crippen molar-refractivity contribution in [1.29, 1.82) is 0 Å². The van der Waals surface area contributed by atoms with Crippen molar-refractivity contribution in [3.63, 3.8) is 0 Å². The topological polar surface area (TPSA) is 15.3 Å². The highest BCUT2D eigenvalue weighted by Gasteiger charge is 2.35. The van der Waals surface area contributed by atoms with E-state index >= 15 is 0 Å². The normalized spacial score (nSPS) is 33.2. The Kier molecular flexibility index (Phi) is 4.79. The van der Waals surface area contributed by atoms with Gasteiger partial charge in [-0.15, -0.1) is 0 Å². The van der Waals surface area contributed by atoms with Crippen LogP contribution in [0, 0.1) is 5.41 Å². The molecule has 0 spiro atoms. The minimum atomic E-state index is 0.533. The van der Waals surface area contributed by atoms with E-state index in [9.17, 15) is 0 Å². The van der Waals surface area contributed by atoms with E-state index in [4.69, 9.17) is 0 Å². The molecule has 0 aromatic carbocycles. The fourth-order valence-electron chi connectivity index (χ4n) is 3.28. The van der Waals surface area contributed by atoms with Crippen LogP contribution in [0.3, 0.4) is 0 Å². The van der Waals surface area contributed by atoms with E-state index in [2.05, 4.69) is 42.7 Å². The predicted octanol–water partition coefficient (Wildman–Crippen LogP) is 2.59. The highest BCUT2D eigenvalue weighted by atomic mass is 32.2. The molecular formula is C14H28N2S. The van der Waals surface area contributed by atoms with E-state index in [1.165, 1.54) is 50.4 Å². The molecule has 2 aliphatic heterocycles. The summed E-state index contributed by atoms with van der Waals surface area (Å²) in [6.07, 6.45) is 4.02. The summed E-state index contributed by atoms with van der Waals surface area (Å²) >= 11 is 2.16. The van der Waals surface area contributed by atoms with Crippen LogP contribution in [0.25, 0.3) is 0 Å². The standard InChI is InChI=1S/C14H28N2S/c1-4-7-16(12-5-6-15-9-12)13-8-14(2,3)11-17-10-13/h12-13,15H,4-11H2,1-3H3. The van der Waals surface area contributed by atoms with Gasteiger partial charge in [0.2, 0.25) is 0 Å². The molecule has 0 aromatic heterocycles. The molecule has 100 valence electrons. The maximum absolute atomic E-state index is 3.52. The van der Waals surface area contributed by atoms with Crippen LogP contribution in [0.5, 0.6) is 0 Å². The molecule has 2 nitrogen and oxygen atoms in total. The highest BCUT2D eigenvalue weighted by molar-refractivity contribution is 7.99. The Morgan fingerprint density at radius 2 is 2.18 bits per heavy atom. The van der Waals surface area contributed by atoms with Gasteiger partial charge in [0.15, 0.2) is 0 Å². The van der Waals surface area contributed by atoms with Gasteiger partial charge in [-0.3, -0.25) is 4.90 Å². The van der Waals surface area contributed by atoms with Crippen LogP contribution in [0.2, 0.25) is 0 Å². The summed E-state index contributed by atoms with van der Waals surface area (Å²) < 4.78 is 0. The zero-order valence-corrected chi connectivity index (χ0v) is 12.5. The van der Waals surface area contributed by atoms with Gasteiger partial charge in [0.05, 0.1) is 0 Å². The molecule has 1 N–H and O–H groups in total. The van der Waals surface area contributed by atoms with Crippen LogP contribution < -0.4 is 5.32 Å². The van der Waals surface area contributed by atoms with E-state index in [0.29, 0.717) is 5.41 Å². The Balaban J connectivity index is 1.99. The van der Waals surface area contributed by atoms with Gasteiger partial charge in [-0.05, 0) is 43.5 Å². The molecule has 2 fully saturated rings. The van der Waals surface area contributed by atoms with Crippen LogP contribution in [0.4, 0.5) is 0 Å². The first-order chi connectivity index (χ1) is 8.12. The molecule has 2 unspecified atom stereocenters. The summed E-state index contributed by atoms with van der Waals surface area (Å²) in [7, 11) is 0. The molecule has 2 rings (SSSR count). The molecule has 0 aliphatic carbocycles. The molecule has 17 heavy (non-hydrogen) atoms. The summed E-state index contributed by atoms with van der Waals surface area (Å²) in [6.45, 7) is 10.9. The van der Waals surface area contributed by atoms with E-state index in [1.807, 2.05) is 0 Å². The fraction of sp³-hybridized carbons (Fsp3) is 1.00. The Bertz CT molecular complexity index is 236. The summed E-state index contributed by atoms with van der Waals surface area (Å²) in [5.74, 6) is 2.69. The van der Waals surface area contributed by atoms with Gasteiger partial charge in [0.1, 0.15) is 0 Å². The van der Waals surface area contributed by atoms with Crippen molar-refractivity contribution in [3.8, 4) is 0 Å². The lowest BCUT2D eigenvalue weighted by Crippen LogP contribution is -2.49. The van der Waals surface area contributed by atoms with Gasteiger partial charge in [-0.2, -0.15) is 11.8 Å². The van der Waals surface area contributed by atoms with Gasteiger partial charge in [-0.25, -0.2) is 0 Å². The Morgan fingerprint density at radius 1 is 1.35 bits per heavy atom. The molecule has 0 amide bonds. The van der Waals surface area contributed by atoms with Gasteiger partial charge in [0, 0.05) is 24.4 Å². The molecular weight excluding hydrogens is 228 g/mol. The van der Waals surface area contributed by atoms with E-state index < -0.39 is 0 Å². The molecule has 0 saturated carbocycles. The third kappa shape index (κ3) is 3.62. The average Bonchev–Trinajstić information content (AvgIpc) is 2.77. The minimum Gasteiger partial charge on any atom is -0.315 e. The third-order valence-electron chi connectivity index (χ3n) is 4.05. The van der Waals surface area contributed by atoms with Crippen LogP contribution in [0.15, 0.2) is 0 Å².